The topological polar surface area (TPSA) is 52.6 Å². The summed E-state index contributed by atoms with van der Waals surface area (Å²) in [5, 5.41) is 0. The number of unbranched alkanes of at least 4 members (excludes halogenated alkanes) is 10. The van der Waals surface area contributed by atoms with Gasteiger partial charge < -0.3 is 9.47 Å². The van der Waals surface area contributed by atoms with Crippen LogP contribution in [0.5, 0.6) is 11.5 Å². The van der Waals surface area contributed by atoms with Crippen molar-refractivity contribution < 1.29 is 19.1 Å². The number of carbonyl (C=O) groups is 2. The number of ether oxygens (including phenoxy) is 2. The minimum Gasteiger partial charge on any atom is -0.423 e. The predicted molar refractivity (Wildman–Crippen MR) is 228 cm³/mol. The summed E-state index contributed by atoms with van der Waals surface area (Å²) in [4.78, 5) is 25.5. The van der Waals surface area contributed by atoms with Gasteiger partial charge in [-0.15, -0.1) is 0 Å². The van der Waals surface area contributed by atoms with E-state index in [1.807, 2.05) is 97.1 Å². The SMILES string of the molecule is CCCCCCCCc1ccc(C(=O)Oc2ccc(C#Cc3cccc(C#Cc4ccc(OC(=O)c5ccc(CCCCCCCC)cc5)cc4)c3)cc2)cc1. The normalized spacial score (nSPS) is 10.5. The highest BCUT2D eigenvalue weighted by molar-refractivity contribution is 5.91. The summed E-state index contributed by atoms with van der Waals surface area (Å²) in [6.45, 7) is 4.47. The van der Waals surface area contributed by atoms with E-state index in [9.17, 15) is 9.59 Å². The van der Waals surface area contributed by atoms with E-state index in [0.717, 1.165) is 35.1 Å². The molecule has 4 nitrogen and oxygen atoms in total. The van der Waals surface area contributed by atoms with Gasteiger partial charge in [0.1, 0.15) is 11.5 Å². The first-order valence-electron chi connectivity index (χ1n) is 20.5. The lowest BCUT2D eigenvalue weighted by Crippen LogP contribution is -2.08. The van der Waals surface area contributed by atoms with Crippen LogP contribution in [0.3, 0.4) is 0 Å². The van der Waals surface area contributed by atoms with E-state index in [4.69, 9.17) is 9.47 Å². The van der Waals surface area contributed by atoms with Gasteiger partial charge in [0.25, 0.3) is 0 Å². The Morgan fingerprint density at radius 3 is 1.16 bits per heavy atom. The van der Waals surface area contributed by atoms with Gasteiger partial charge >= 0.3 is 11.9 Å². The number of rotatable bonds is 18. The second-order valence-electron chi connectivity index (χ2n) is 14.3. The molecule has 0 saturated heterocycles. The van der Waals surface area contributed by atoms with Crippen LogP contribution in [0.1, 0.15) is 145 Å². The Kier molecular flexibility index (Phi) is 17.1. The summed E-state index contributed by atoms with van der Waals surface area (Å²) in [6.07, 6.45) is 17.3. The molecule has 0 saturated carbocycles. The molecule has 0 spiro atoms. The quantitative estimate of drug-likeness (QED) is 0.0388. The first-order chi connectivity index (χ1) is 27.5. The van der Waals surface area contributed by atoms with Crippen molar-refractivity contribution in [2.24, 2.45) is 0 Å². The highest BCUT2D eigenvalue weighted by Crippen LogP contribution is 2.18. The van der Waals surface area contributed by atoms with Gasteiger partial charge in [0, 0.05) is 22.3 Å². The van der Waals surface area contributed by atoms with Crippen molar-refractivity contribution in [2.45, 2.75) is 104 Å². The second-order valence-corrected chi connectivity index (χ2v) is 14.3. The first-order valence-corrected chi connectivity index (χ1v) is 20.5. The average molecular weight is 743 g/mol. The molecule has 0 aliphatic rings. The minimum atomic E-state index is -0.373. The lowest BCUT2D eigenvalue weighted by molar-refractivity contribution is 0.0725. The number of benzene rings is 5. The fourth-order valence-corrected chi connectivity index (χ4v) is 6.34. The predicted octanol–water partition coefficient (Wildman–Crippen LogP) is 12.7. The van der Waals surface area contributed by atoms with Crippen molar-refractivity contribution in [3.8, 4) is 35.2 Å². The van der Waals surface area contributed by atoms with Crippen LogP contribution >= 0.6 is 0 Å². The molecule has 0 unspecified atom stereocenters. The third-order valence-corrected chi connectivity index (χ3v) is 9.71. The van der Waals surface area contributed by atoms with Gasteiger partial charge in [-0.2, -0.15) is 0 Å². The summed E-state index contributed by atoms with van der Waals surface area (Å²) in [5.74, 6) is 13.0. The first kappa shape index (κ1) is 41.3. The van der Waals surface area contributed by atoms with Crippen molar-refractivity contribution in [1.82, 2.24) is 0 Å². The van der Waals surface area contributed by atoms with Crippen LogP contribution < -0.4 is 9.47 Å². The molecule has 286 valence electrons. The van der Waals surface area contributed by atoms with Crippen molar-refractivity contribution >= 4 is 11.9 Å². The van der Waals surface area contributed by atoms with Gasteiger partial charge in [-0.25, -0.2) is 9.59 Å². The molecular formula is C52H54O4. The molecule has 5 aromatic carbocycles. The van der Waals surface area contributed by atoms with Gasteiger partial charge in [0.05, 0.1) is 11.1 Å². The molecule has 5 aromatic rings. The van der Waals surface area contributed by atoms with Crippen LogP contribution in [0.4, 0.5) is 0 Å². The van der Waals surface area contributed by atoms with Crippen molar-refractivity contribution in [1.29, 1.82) is 0 Å². The minimum absolute atomic E-state index is 0.373. The standard InChI is InChI=1S/C52H54O4/c1-3-5-7-9-11-13-16-41-24-32-47(33-25-41)51(53)55-49-36-28-43(29-37-49)20-22-45-18-15-19-46(40-45)23-21-44-30-38-50(39-31-44)56-52(54)48-34-26-42(27-35-48)17-14-12-10-8-6-4-2/h15,18-19,24-40H,3-14,16-17H2,1-2H3. The molecule has 0 amide bonds. The van der Waals surface area contributed by atoms with Crippen LogP contribution in [0, 0.1) is 23.7 Å². The summed E-state index contributed by atoms with van der Waals surface area (Å²) >= 11 is 0. The molecule has 0 aliphatic carbocycles. The molecule has 0 heterocycles. The zero-order valence-corrected chi connectivity index (χ0v) is 33.1. The molecule has 0 aliphatic heterocycles. The zero-order valence-electron chi connectivity index (χ0n) is 33.1. The van der Waals surface area contributed by atoms with E-state index in [0.29, 0.717) is 22.6 Å². The molecule has 0 fully saturated rings. The van der Waals surface area contributed by atoms with Gasteiger partial charge in [-0.3, -0.25) is 0 Å². The van der Waals surface area contributed by atoms with Gasteiger partial charge in [0.2, 0.25) is 0 Å². The fourth-order valence-electron chi connectivity index (χ4n) is 6.34. The van der Waals surface area contributed by atoms with E-state index >= 15 is 0 Å². The van der Waals surface area contributed by atoms with E-state index < -0.39 is 0 Å². The van der Waals surface area contributed by atoms with Crippen LogP contribution in [0.15, 0.2) is 121 Å². The average Bonchev–Trinajstić information content (AvgIpc) is 3.23. The molecule has 56 heavy (non-hydrogen) atoms. The number of hydrogen-bond donors (Lipinski definition) is 0. The lowest BCUT2D eigenvalue weighted by atomic mass is 10.0. The van der Waals surface area contributed by atoms with Crippen LogP contribution in [0.2, 0.25) is 0 Å². The highest BCUT2D eigenvalue weighted by Gasteiger charge is 2.10. The summed E-state index contributed by atoms with van der Waals surface area (Å²) in [5.41, 5.74) is 6.87. The number of esters is 2. The van der Waals surface area contributed by atoms with E-state index in [1.165, 1.54) is 88.2 Å². The lowest BCUT2D eigenvalue weighted by Gasteiger charge is -2.06. The second kappa shape index (κ2) is 23.2. The molecule has 0 atom stereocenters. The van der Waals surface area contributed by atoms with Crippen molar-refractivity contribution in [3.05, 3.63) is 166 Å². The van der Waals surface area contributed by atoms with Gasteiger partial charge in [-0.1, -0.05) is 132 Å². The van der Waals surface area contributed by atoms with Gasteiger partial charge in [-0.05, 0) is 128 Å². The molecule has 5 rings (SSSR count). The highest BCUT2D eigenvalue weighted by atomic mass is 16.5. The maximum atomic E-state index is 12.7. The van der Waals surface area contributed by atoms with Crippen molar-refractivity contribution in [3.63, 3.8) is 0 Å². The number of aryl methyl sites for hydroxylation is 2. The third kappa shape index (κ3) is 14.4. The van der Waals surface area contributed by atoms with E-state index in [1.54, 1.807) is 24.3 Å². The molecular weight excluding hydrogens is 689 g/mol. The molecule has 0 radical (unpaired) electrons. The maximum Gasteiger partial charge on any atom is 0.343 e. The smallest absolute Gasteiger partial charge is 0.343 e. The number of carbonyl (C=O) groups excluding carboxylic acids is 2. The largest absolute Gasteiger partial charge is 0.423 e. The zero-order chi connectivity index (χ0) is 39.2. The van der Waals surface area contributed by atoms with E-state index in [2.05, 4.69) is 37.5 Å². The third-order valence-electron chi connectivity index (χ3n) is 9.71. The van der Waals surface area contributed by atoms with Gasteiger partial charge in [0.15, 0.2) is 0 Å². The monoisotopic (exact) mass is 742 g/mol. The van der Waals surface area contributed by atoms with Crippen LogP contribution in [-0.2, 0) is 12.8 Å². The molecule has 4 heteroatoms. The Balaban J connectivity index is 1.07. The fraction of sp³-hybridized carbons (Fsp3) is 0.308. The number of hydrogen-bond acceptors (Lipinski definition) is 4. The Morgan fingerprint density at radius 1 is 0.411 bits per heavy atom. The Morgan fingerprint density at radius 2 is 0.768 bits per heavy atom. The van der Waals surface area contributed by atoms with Crippen LogP contribution in [0.25, 0.3) is 0 Å². The Bertz CT molecular complexity index is 1940. The summed E-state index contributed by atoms with van der Waals surface area (Å²) in [7, 11) is 0. The Hall–Kier alpha value is -5.84. The van der Waals surface area contributed by atoms with Crippen LogP contribution in [-0.4, -0.2) is 11.9 Å². The summed E-state index contributed by atoms with van der Waals surface area (Å²) in [6, 6.07) is 37.7. The van der Waals surface area contributed by atoms with Crippen molar-refractivity contribution in [2.75, 3.05) is 0 Å². The van der Waals surface area contributed by atoms with E-state index in [-0.39, 0.29) is 11.9 Å². The maximum absolute atomic E-state index is 12.7. The Labute approximate surface area is 334 Å². The molecule has 0 bridgehead atoms. The molecule has 0 N–H and O–H groups in total. The molecule has 0 aromatic heterocycles. The summed E-state index contributed by atoms with van der Waals surface area (Å²) < 4.78 is 11.2.